The molecule has 4 nitrogen and oxygen atoms in total. The predicted molar refractivity (Wildman–Crippen MR) is 152 cm³/mol. The number of unbranched alkanes of at least 4 members (excludes halogenated alkanes) is 7. The third-order valence-electron chi connectivity index (χ3n) is 6.76. The smallest absolute Gasteiger partial charge is 0.214 e. The number of aromatic nitrogens is 2. The maximum atomic E-state index is 6.22. The number of halogens is 2. The fourth-order valence-corrected chi connectivity index (χ4v) is 4.95. The molecule has 0 fully saturated rings. The number of benzene rings is 2. The van der Waals surface area contributed by atoms with Gasteiger partial charge in [0.2, 0.25) is 5.52 Å². The molecule has 0 atom stereocenters. The number of aryl methyl sites for hydroxylation is 3. The maximum absolute atomic E-state index is 6.22. The van der Waals surface area contributed by atoms with Gasteiger partial charge in [-0.1, -0.05) is 62.4 Å². The molecule has 4 aromatic rings. The van der Waals surface area contributed by atoms with E-state index in [-0.39, 0.29) is 24.8 Å². The zero-order valence-corrected chi connectivity index (χ0v) is 23.2. The first-order valence-corrected chi connectivity index (χ1v) is 12.9. The molecule has 4 rings (SSSR count). The number of hydrogen-bond acceptors (Lipinski definition) is 3. The van der Waals surface area contributed by atoms with Crippen LogP contribution in [0.25, 0.3) is 21.8 Å². The zero-order chi connectivity index (χ0) is 23.8. The van der Waals surface area contributed by atoms with Crippen LogP contribution in [0.3, 0.4) is 0 Å². The van der Waals surface area contributed by atoms with Crippen LogP contribution in [0.1, 0.15) is 62.8 Å². The van der Waals surface area contributed by atoms with Gasteiger partial charge >= 0.3 is 0 Å². The van der Waals surface area contributed by atoms with Crippen LogP contribution in [0.4, 0.5) is 11.4 Å². The van der Waals surface area contributed by atoms with Crippen molar-refractivity contribution in [3.8, 4) is 0 Å². The van der Waals surface area contributed by atoms with Crippen molar-refractivity contribution in [2.45, 2.75) is 71.8 Å². The highest BCUT2D eigenvalue weighted by atomic mass is 35.5. The van der Waals surface area contributed by atoms with E-state index in [9.17, 15) is 0 Å². The lowest BCUT2D eigenvalue weighted by molar-refractivity contribution is -0.677. The van der Waals surface area contributed by atoms with Gasteiger partial charge in [0.05, 0.1) is 16.6 Å². The van der Waals surface area contributed by atoms with Gasteiger partial charge in [0, 0.05) is 48.8 Å². The SMILES string of the molecule is Cc1cc(NCCCCCCCCCC[n+]2c(C)cc(N)c3ccccc32)c2ccccc2n1.Cl.[Cl-]. The van der Waals surface area contributed by atoms with Crippen molar-refractivity contribution in [1.82, 2.24) is 4.98 Å². The molecule has 3 N–H and O–H groups in total. The van der Waals surface area contributed by atoms with E-state index in [1.165, 1.54) is 73.7 Å². The van der Waals surface area contributed by atoms with Crippen LogP contribution >= 0.6 is 12.4 Å². The summed E-state index contributed by atoms with van der Waals surface area (Å²) in [5.41, 5.74) is 13.0. The molecule has 0 aliphatic heterocycles. The summed E-state index contributed by atoms with van der Waals surface area (Å²) in [4.78, 5) is 4.63. The van der Waals surface area contributed by atoms with Gasteiger partial charge in [-0.05, 0) is 38.0 Å². The summed E-state index contributed by atoms with van der Waals surface area (Å²) >= 11 is 0. The molecule has 0 spiro atoms. The van der Waals surface area contributed by atoms with E-state index in [1.807, 2.05) is 0 Å². The highest BCUT2D eigenvalue weighted by Crippen LogP contribution is 2.23. The molecule has 0 saturated carbocycles. The largest absolute Gasteiger partial charge is 1.00 e. The minimum atomic E-state index is 0. The first kappa shape index (κ1) is 29.7. The van der Waals surface area contributed by atoms with Gasteiger partial charge < -0.3 is 23.5 Å². The summed E-state index contributed by atoms with van der Waals surface area (Å²) in [6, 6.07) is 21.1. The number of nitrogens with two attached hydrogens (primary N) is 1. The van der Waals surface area contributed by atoms with Crippen molar-refractivity contribution in [2.75, 3.05) is 17.6 Å². The monoisotopic (exact) mass is 526 g/mol. The molecule has 0 saturated heterocycles. The topological polar surface area (TPSA) is 54.8 Å². The minimum Gasteiger partial charge on any atom is -1.00 e. The lowest BCUT2D eigenvalue weighted by atomic mass is 10.1. The Bertz CT molecular complexity index is 1240. The predicted octanol–water partition coefficient (Wildman–Crippen LogP) is 4.53. The van der Waals surface area contributed by atoms with Crippen molar-refractivity contribution >= 4 is 45.6 Å². The van der Waals surface area contributed by atoms with Crippen LogP contribution in [0.5, 0.6) is 0 Å². The number of pyridine rings is 2. The highest BCUT2D eigenvalue weighted by Gasteiger charge is 2.14. The van der Waals surface area contributed by atoms with Crippen LogP contribution < -0.4 is 28.0 Å². The maximum Gasteiger partial charge on any atom is 0.214 e. The summed E-state index contributed by atoms with van der Waals surface area (Å²) < 4.78 is 2.42. The first-order chi connectivity index (χ1) is 16.6. The average molecular weight is 528 g/mol. The van der Waals surface area contributed by atoms with Crippen molar-refractivity contribution in [3.63, 3.8) is 0 Å². The second-order valence-corrected chi connectivity index (χ2v) is 9.49. The lowest BCUT2D eigenvalue weighted by Crippen LogP contribution is -3.00. The third kappa shape index (κ3) is 7.72. The van der Waals surface area contributed by atoms with E-state index >= 15 is 0 Å². The number of anilines is 2. The third-order valence-corrected chi connectivity index (χ3v) is 6.76. The molecular weight excluding hydrogens is 487 g/mol. The van der Waals surface area contributed by atoms with Gasteiger partial charge in [-0.15, -0.1) is 12.4 Å². The van der Waals surface area contributed by atoms with Gasteiger partial charge in [-0.25, -0.2) is 0 Å². The Morgan fingerprint density at radius 2 is 1.39 bits per heavy atom. The van der Waals surface area contributed by atoms with Crippen LogP contribution in [0.2, 0.25) is 0 Å². The van der Waals surface area contributed by atoms with E-state index in [0.717, 1.165) is 35.4 Å². The molecular formula is C30H40Cl2N4. The van der Waals surface area contributed by atoms with Gasteiger partial charge in [0.25, 0.3) is 0 Å². The first-order valence-electron chi connectivity index (χ1n) is 12.9. The van der Waals surface area contributed by atoms with Gasteiger partial charge in [-0.2, -0.15) is 4.57 Å². The van der Waals surface area contributed by atoms with Crippen molar-refractivity contribution in [1.29, 1.82) is 0 Å². The molecule has 2 aromatic heterocycles. The van der Waals surface area contributed by atoms with E-state index < -0.39 is 0 Å². The quantitative estimate of drug-likeness (QED) is 0.210. The zero-order valence-electron chi connectivity index (χ0n) is 21.6. The van der Waals surface area contributed by atoms with Crippen LogP contribution in [0.15, 0.2) is 60.7 Å². The molecule has 0 radical (unpaired) electrons. The summed E-state index contributed by atoms with van der Waals surface area (Å²) in [5.74, 6) is 0. The lowest BCUT2D eigenvalue weighted by Gasteiger charge is -2.10. The summed E-state index contributed by atoms with van der Waals surface area (Å²) in [6.07, 6.45) is 10.4. The molecule has 0 bridgehead atoms. The number of nitrogens with zero attached hydrogens (tertiary/aromatic N) is 2. The average Bonchev–Trinajstić information content (AvgIpc) is 2.84. The molecule has 0 amide bonds. The molecule has 2 heterocycles. The van der Waals surface area contributed by atoms with E-state index in [2.05, 4.69) is 89.4 Å². The number of nitrogen functional groups attached to an aromatic ring is 1. The molecule has 2 aromatic carbocycles. The van der Waals surface area contributed by atoms with Gasteiger partial charge in [0.1, 0.15) is 6.54 Å². The Labute approximate surface area is 228 Å². The van der Waals surface area contributed by atoms with Crippen LogP contribution in [-0.2, 0) is 6.54 Å². The normalized spacial score (nSPS) is 10.7. The second-order valence-electron chi connectivity index (χ2n) is 9.49. The number of para-hydroxylation sites is 2. The number of rotatable bonds is 12. The fraction of sp³-hybridized carbons (Fsp3) is 0.400. The summed E-state index contributed by atoms with van der Waals surface area (Å²) in [5, 5.41) is 6.01. The standard InChI is InChI=1S/C30H38N4.2ClH/c1-23-21-29(26-16-9-11-17-28(26)33-23)32-19-13-7-5-3-4-6-8-14-20-34-24(2)22-27(31)25-15-10-12-18-30(25)34;;/h9-12,15-18,21-22,31H,3-8,13-14,19-20H2,1-2H3,(H,32,33);2*1H. The molecule has 0 aliphatic rings. The van der Waals surface area contributed by atoms with Crippen molar-refractivity contribution in [2.24, 2.45) is 0 Å². The Kier molecular flexibility index (Phi) is 12.3. The van der Waals surface area contributed by atoms with Gasteiger partial charge in [0.15, 0.2) is 5.69 Å². The molecule has 36 heavy (non-hydrogen) atoms. The Morgan fingerprint density at radius 1 is 0.778 bits per heavy atom. The minimum absolute atomic E-state index is 0. The summed E-state index contributed by atoms with van der Waals surface area (Å²) in [6.45, 7) is 6.33. The number of hydrogen-bond donors (Lipinski definition) is 2. The fourth-order valence-electron chi connectivity index (χ4n) is 4.95. The van der Waals surface area contributed by atoms with Crippen LogP contribution in [0, 0.1) is 13.8 Å². The highest BCUT2D eigenvalue weighted by molar-refractivity contribution is 5.91. The van der Waals surface area contributed by atoms with E-state index in [1.54, 1.807) is 0 Å². The van der Waals surface area contributed by atoms with Crippen LogP contribution in [-0.4, -0.2) is 11.5 Å². The number of nitrogens with one attached hydrogen (secondary N) is 1. The molecule has 6 heteroatoms. The van der Waals surface area contributed by atoms with E-state index in [0.29, 0.717) is 0 Å². The molecule has 0 unspecified atom stereocenters. The van der Waals surface area contributed by atoms with E-state index in [4.69, 9.17) is 5.73 Å². The van der Waals surface area contributed by atoms with Gasteiger partial charge in [-0.3, -0.25) is 4.98 Å². The van der Waals surface area contributed by atoms with Crippen molar-refractivity contribution < 1.29 is 17.0 Å². The Hall–Kier alpha value is -2.56. The Balaban J connectivity index is 0.00000228. The van der Waals surface area contributed by atoms with Crippen molar-refractivity contribution in [3.05, 3.63) is 72.1 Å². The number of fused-ring (bicyclic) bond motifs is 2. The molecule has 194 valence electrons. The second kappa shape index (κ2) is 14.9. The Morgan fingerprint density at radius 3 is 2.14 bits per heavy atom. The summed E-state index contributed by atoms with van der Waals surface area (Å²) in [7, 11) is 0. The molecule has 0 aliphatic carbocycles.